The van der Waals surface area contributed by atoms with Crippen LogP contribution in [0.3, 0.4) is 0 Å². The first-order valence-corrected chi connectivity index (χ1v) is 8.65. The number of nitrogens with one attached hydrogen (secondary N) is 1. The van der Waals surface area contributed by atoms with Gasteiger partial charge in [0.1, 0.15) is 17.5 Å². The summed E-state index contributed by atoms with van der Waals surface area (Å²) in [5, 5.41) is 12.0. The van der Waals surface area contributed by atoms with E-state index in [0.717, 1.165) is 5.56 Å². The highest BCUT2D eigenvalue weighted by molar-refractivity contribution is 6.09. The number of hydrogen-bond acceptors (Lipinski definition) is 4. The van der Waals surface area contributed by atoms with E-state index in [-0.39, 0.29) is 5.57 Å². The van der Waals surface area contributed by atoms with Gasteiger partial charge in [-0.15, -0.1) is 6.58 Å². The van der Waals surface area contributed by atoms with E-state index < -0.39 is 11.7 Å². The van der Waals surface area contributed by atoms with E-state index in [0.29, 0.717) is 35.8 Å². The maximum Gasteiger partial charge on any atom is 0.266 e. The Bertz CT molecular complexity index is 928. The third-order valence-corrected chi connectivity index (χ3v) is 3.81. The maximum atomic E-state index is 13.0. The number of anilines is 1. The Morgan fingerprint density at radius 1 is 1.32 bits per heavy atom. The van der Waals surface area contributed by atoms with Crippen LogP contribution in [0.4, 0.5) is 10.1 Å². The topological polar surface area (TPSA) is 71.4 Å². The smallest absolute Gasteiger partial charge is 0.266 e. The first kappa shape index (κ1) is 20.7. The zero-order chi connectivity index (χ0) is 20.5. The predicted molar refractivity (Wildman–Crippen MR) is 107 cm³/mol. The van der Waals surface area contributed by atoms with Gasteiger partial charge < -0.3 is 14.8 Å². The second-order valence-electron chi connectivity index (χ2n) is 5.77. The predicted octanol–water partition coefficient (Wildman–Crippen LogP) is 4.51. The highest BCUT2D eigenvalue weighted by atomic mass is 19.1. The lowest BCUT2D eigenvalue weighted by Gasteiger charge is -2.15. The molecule has 0 aromatic heterocycles. The first-order valence-electron chi connectivity index (χ1n) is 8.65. The molecule has 0 aliphatic carbocycles. The van der Waals surface area contributed by atoms with Crippen molar-refractivity contribution in [1.29, 1.82) is 5.26 Å². The van der Waals surface area contributed by atoms with Gasteiger partial charge in [-0.1, -0.05) is 6.08 Å². The molecule has 0 aliphatic rings. The van der Waals surface area contributed by atoms with Gasteiger partial charge in [-0.05, 0) is 61.4 Å². The van der Waals surface area contributed by atoms with Crippen molar-refractivity contribution in [2.24, 2.45) is 0 Å². The van der Waals surface area contributed by atoms with Crippen LogP contribution in [0, 0.1) is 17.1 Å². The van der Waals surface area contributed by atoms with E-state index >= 15 is 0 Å². The largest absolute Gasteiger partial charge is 0.493 e. The summed E-state index contributed by atoms with van der Waals surface area (Å²) in [7, 11) is 1.52. The molecule has 2 rings (SSSR count). The van der Waals surface area contributed by atoms with E-state index in [2.05, 4.69) is 11.9 Å². The number of ether oxygens (including phenoxy) is 2. The molecule has 0 aliphatic heterocycles. The van der Waals surface area contributed by atoms with Crippen molar-refractivity contribution < 1.29 is 18.7 Å². The molecule has 2 aromatic rings. The second-order valence-corrected chi connectivity index (χ2v) is 5.77. The summed E-state index contributed by atoms with van der Waals surface area (Å²) in [4.78, 5) is 12.4. The standard InChI is InChI=1S/C22H21FN2O3/c1-4-6-16-11-15(13-20(27-3)21(16)28-5-2)12-17(14-24)22(26)25-19-9-7-18(23)8-10-19/h4,7-13H,1,5-6H2,2-3H3,(H,25,26)/b17-12+. The molecule has 0 radical (unpaired) electrons. The van der Waals surface area contributed by atoms with Gasteiger partial charge in [0.2, 0.25) is 0 Å². The van der Waals surface area contributed by atoms with E-state index in [1.165, 1.54) is 37.5 Å². The third-order valence-electron chi connectivity index (χ3n) is 3.81. The number of benzene rings is 2. The molecule has 0 atom stereocenters. The monoisotopic (exact) mass is 380 g/mol. The molecular formula is C22H21FN2O3. The van der Waals surface area contributed by atoms with Crippen LogP contribution in [0.5, 0.6) is 11.5 Å². The molecule has 6 heteroatoms. The zero-order valence-corrected chi connectivity index (χ0v) is 15.8. The van der Waals surface area contributed by atoms with Crippen molar-refractivity contribution in [2.45, 2.75) is 13.3 Å². The molecule has 28 heavy (non-hydrogen) atoms. The Hall–Kier alpha value is -3.59. The number of carbonyl (C=O) groups excluding carboxylic acids is 1. The van der Waals surface area contributed by atoms with Gasteiger partial charge in [0.25, 0.3) is 5.91 Å². The van der Waals surface area contributed by atoms with Gasteiger partial charge in [0.15, 0.2) is 11.5 Å². The van der Waals surface area contributed by atoms with Crippen LogP contribution >= 0.6 is 0 Å². The molecule has 0 unspecified atom stereocenters. The SMILES string of the molecule is C=CCc1cc(/C=C(\C#N)C(=O)Nc2ccc(F)cc2)cc(OC)c1OCC. The summed E-state index contributed by atoms with van der Waals surface area (Å²) < 4.78 is 24.1. The van der Waals surface area contributed by atoms with Gasteiger partial charge >= 0.3 is 0 Å². The van der Waals surface area contributed by atoms with Crippen LogP contribution < -0.4 is 14.8 Å². The number of hydrogen-bond donors (Lipinski definition) is 1. The Morgan fingerprint density at radius 3 is 2.61 bits per heavy atom. The van der Waals surface area contributed by atoms with Crippen molar-refractivity contribution in [3.8, 4) is 17.6 Å². The molecule has 0 spiro atoms. The highest BCUT2D eigenvalue weighted by Crippen LogP contribution is 2.34. The summed E-state index contributed by atoms with van der Waals surface area (Å²) in [5.74, 6) is 0.109. The fraction of sp³-hybridized carbons (Fsp3) is 0.182. The van der Waals surface area contributed by atoms with Gasteiger partial charge in [0, 0.05) is 11.3 Å². The molecule has 0 fully saturated rings. The summed E-state index contributed by atoms with van der Waals surface area (Å²) in [6.45, 7) is 6.09. The van der Waals surface area contributed by atoms with Gasteiger partial charge in [0.05, 0.1) is 13.7 Å². The van der Waals surface area contributed by atoms with Crippen LogP contribution in [0.1, 0.15) is 18.1 Å². The quantitative estimate of drug-likeness (QED) is 0.416. The van der Waals surface area contributed by atoms with E-state index in [1.807, 2.05) is 19.1 Å². The molecule has 0 saturated heterocycles. The summed E-state index contributed by atoms with van der Waals surface area (Å²) >= 11 is 0. The zero-order valence-electron chi connectivity index (χ0n) is 15.8. The Kier molecular flexibility index (Phi) is 7.35. The van der Waals surface area contributed by atoms with Crippen molar-refractivity contribution in [3.05, 3.63) is 71.6 Å². The molecule has 0 heterocycles. The summed E-state index contributed by atoms with van der Waals surface area (Å²) in [6.07, 6.45) is 3.73. The number of nitrogens with zero attached hydrogens (tertiary/aromatic N) is 1. The third kappa shape index (κ3) is 5.21. The van der Waals surface area contributed by atoms with Gasteiger partial charge in [-0.3, -0.25) is 4.79 Å². The number of rotatable bonds is 8. The lowest BCUT2D eigenvalue weighted by atomic mass is 10.0. The van der Waals surface area contributed by atoms with Crippen LogP contribution in [-0.4, -0.2) is 19.6 Å². The molecule has 0 bridgehead atoms. The molecular weight excluding hydrogens is 359 g/mol. The number of halogens is 1. The fourth-order valence-electron chi connectivity index (χ4n) is 2.58. The number of allylic oxidation sites excluding steroid dienone is 1. The van der Waals surface area contributed by atoms with Crippen LogP contribution in [-0.2, 0) is 11.2 Å². The minimum absolute atomic E-state index is 0.0971. The molecule has 0 saturated carbocycles. The van der Waals surface area contributed by atoms with Gasteiger partial charge in [-0.2, -0.15) is 5.26 Å². The number of carbonyl (C=O) groups is 1. The van der Waals surface area contributed by atoms with E-state index in [9.17, 15) is 14.4 Å². The number of nitriles is 1. The summed E-state index contributed by atoms with van der Waals surface area (Å²) in [5.41, 5.74) is 1.74. The minimum atomic E-state index is -0.591. The molecule has 2 aromatic carbocycles. The average Bonchev–Trinajstić information content (AvgIpc) is 2.69. The van der Waals surface area contributed by atoms with Gasteiger partial charge in [-0.25, -0.2) is 4.39 Å². The van der Waals surface area contributed by atoms with Crippen LogP contribution in [0.15, 0.2) is 54.6 Å². The fourth-order valence-corrected chi connectivity index (χ4v) is 2.58. The average molecular weight is 380 g/mol. The molecule has 1 amide bonds. The van der Waals surface area contributed by atoms with E-state index in [1.54, 1.807) is 12.1 Å². The van der Waals surface area contributed by atoms with Crippen LogP contribution in [0.2, 0.25) is 0 Å². The van der Waals surface area contributed by atoms with Crippen molar-refractivity contribution in [2.75, 3.05) is 19.0 Å². The second kappa shape index (κ2) is 9.93. The lowest BCUT2D eigenvalue weighted by molar-refractivity contribution is -0.112. The maximum absolute atomic E-state index is 13.0. The Balaban J connectivity index is 2.37. The van der Waals surface area contributed by atoms with E-state index in [4.69, 9.17) is 9.47 Å². The molecule has 5 nitrogen and oxygen atoms in total. The van der Waals surface area contributed by atoms with Crippen LogP contribution in [0.25, 0.3) is 6.08 Å². The lowest BCUT2D eigenvalue weighted by Crippen LogP contribution is -2.13. The van der Waals surface area contributed by atoms with Crippen molar-refractivity contribution in [1.82, 2.24) is 0 Å². The number of amides is 1. The minimum Gasteiger partial charge on any atom is -0.493 e. The molecule has 144 valence electrons. The Morgan fingerprint density at radius 2 is 2.04 bits per heavy atom. The first-order chi connectivity index (χ1) is 13.5. The summed E-state index contributed by atoms with van der Waals surface area (Å²) in [6, 6.07) is 10.7. The normalized spacial score (nSPS) is 10.7. The van der Waals surface area contributed by atoms with Crippen molar-refractivity contribution >= 4 is 17.7 Å². The molecule has 1 N–H and O–H groups in total. The van der Waals surface area contributed by atoms with Crippen molar-refractivity contribution in [3.63, 3.8) is 0 Å². The highest BCUT2D eigenvalue weighted by Gasteiger charge is 2.14. The number of methoxy groups -OCH3 is 1. The Labute approximate surface area is 163 Å².